The predicted octanol–water partition coefficient (Wildman–Crippen LogP) is 2.12. The van der Waals surface area contributed by atoms with Crippen LogP contribution < -0.4 is 0 Å². The molecule has 17 heavy (non-hydrogen) atoms. The minimum atomic E-state index is -0.150. The molecule has 0 unspecified atom stereocenters. The first kappa shape index (κ1) is 12.2. The van der Waals surface area contributed by atoms with Gasteiger partial charge in [-0.1, -0.05) is 0 Å². The quantitative estimate of drug-likeness (QED) is 0.711. The normalized spacial score (nSPS) is 15.2. The molecule has 1 fully saturated rings. The van der Waals surface area contributed by atoms with Crippen molar-refractivity contribution in [1.82, 2.24) is 4.90 Å². The fraction of sp³-hybridized carbons (Fsp3) is 0.615. The monoisotopic (exact) mass is 237 g/mol. The number of nitrogens with zero attached hydrogens (tertiary/aromatic N) is 1. The zero-order chi connectivity index (χ0) is 12.3. The van der Waals surface area contributed by atoms with Crippen molar-refractivity contribution in [3.05, 3.63) is 23.7 Å². The SMILES string of the molecule is CCOC(=O)CN(Cc1ccc(C)o1)C1CC1. The molecule has 0 radical (unpaired) electrons. The molecule has 1 aromatic heterocycles. The fourth-order valence-corrected chi connectivity index (χ4v) is 1.90. The van der Waals surface area contributed by atoms with E-state index in [9.17, 15) is 4.79 Å². The van der Waals surface area contributed by atoms with Crippen molar-refractivity contribution in [2.24, 2.45) is 0 Å². The van der Waals surface area contributed by atoms with Crippen LogP contribution in [-0.4, -0.2) is 30.1 Å². The van der Waals surface area contributed by atoms with Gasteiger partial charge in [-0.3, -0.25) is 9.69 Å². The Morgan fingerprint density at radius 2 is 2.29 bits per heavy atom. The predicted molar refractivity (Wildman–Crippen MR) is 63.5 cm³/mol. The highest BCUT2D eigenvalue weighted by molar-refractivity contribution is 5.71. The van der Waals surface area contributed by atoms with E-state index in [-0.39, 0.29) is 5.97 Å². The Kier molecular flexibility index (Phi) is 3.84. The van der Waals surface area contributed by atoms with Crippen molar-refractivity contribution in [2.75, 3.05) is 13.2 Å². The van der Waals surface area contributed by atoms with Crippen LogP contribution in [0.4, 0.5) is 0 Å². The van der Waals surface area contributed by atoms with Gasteiger partial charge >= 0.3 is 5.97 Å². The molecule has 2 rings (SSSR count). The van der Waals surface area contributed by atoms with Crippen molar-refractivity contribution < 1.29 is 13.9 Å². The standard InChI is InChI=1S/C13H19NO3/c1-3-16-13(15)9-14(11-5-6-11)8-12-7-4-10(2)17-12/h4,7,11H,3,5-6,8-9H2,1-2H3. The van der Waals surface area contributed by atoms with E-state index < -0.39 is 0 Å². The van der Waals surface area contributed by atoms with Crippen LogP contribution in [-0.2, 0) is 16.1 Å². The summed E-state index contributed by atoms with van der Waals surface area (Å²) < 4.78 is 10.5. The van der Waals surface area contributed by atoms with Crippen molar-refractivity contribution >= 4 is 5.97 Å². The zero-order valence-electron chi connectivity index (χ0n) is 10.4. The van der Waals surface area contributed by atoms with Gasteiger partial charge in [0.15, 0.2) is 0 Å². The largest absolute Gasteiger partial charge is 0.465 e. The van der Waals surface area contributed by atoms with E-state index >= 15 is 0 Å². The van der Waals surface area contributed by atoms with Gasteiger partial charge in [0.25, 0.3) is 0 Å². The lowest BCUT2D eigenvalue weighted by molar-refractivity contribution is -0.144. The van der Waals surface area contributed by atoms with Gasteiger partial charge in [0, 0.05) is 6.04 Å². The number of hydrogen-bond donors (Lipinski definition) is 0. The van der Waals surface area contributed by atoms with Gasteiger partial charge < -0.3 is 9.15 Å². The van der Waals surface area contributed by atoms with Crippen LogP contribution in [0.15, 0.2) is 16.5 Å². The van der Waals surface area contributed by atoms with E-state index in [1.165, 1.54) is 12.8 Å². The average Bonchev–Trinajstić information content (AvgIpc) is 3.03. The molecule has 94 valence electrons. The first-order valence-corrected chi connectivity index (χ1v) is 6.14. The van der Waals surface area contributed by atoms with E-state index in [0.29, 0.717) is 25.7 Å². The maximum absolute atomic E-state index is 11.5. The van der Waals surface area contributed by atoms with Gasteiger partial charge in [-0.25, -0.2) is 0 Å². The second-order valence-corrected chi connectivity index (χ2v) is 4.45. The van der Waals surface area contributed by atoms with Crippen LogP contribution in [0.5, 0.6) is 0 Å². The van der Waals surface area contributed by atoms with Gasteiger partial charge in [0.1, 0.15) is 11.5 Å². The minimum Gasteiger partial charge on any atom is -0.465 e. The minimum absolute atomic E-state index is 0.150. The Bertz CT molecular complexity index is 382. The summed E-state index contributed by atoms with van der Waals surface area (Å²) in [7, 11) is 0. The van der Waals surface area contributed by atoms with E-state index in [0.717, 1.165) is 11.5 Å². The summed E-state index contributed by atoms with van der Waals surface area (Å²) >= 11 is 0. The smallest absolute Gasteiger partial charge is 0.320 e. The van der Waals surface area contributed by atoms with Gasteiger partial charge in [0.05, 0.1) is 19.7 Å². The highest BCUT2D eigenvalue weighted by Gasteiger charge is 2.31. The lowest BCUT2D eigenvalue weighted by Gasteiger charge is -2.19. The molecule has 1 aromatic rings. The van der Waals surface area contributed by atoms with Crippen molar-refractivity contribution in [3.63, 3.8) is 0 Å². The molecule has 0 saturated heterocycles. The zero-order valence-corrected chi connectivity index (χ0v) is 10.4. The molecule has 1 aliphatic rings. The topological polar surface area (TPSA) is 42.7 Å². The van der Waals surface area contributed by atoms with Crippen LogP contribution in [0, 0.1) is 6.92 Å². The lowest BCUT2D eigenvalue weighted by Crippen LogP contribution is -2.32. The van der Waals surface area contributed by atoms with E-state index in [1.54, 1.807) is 0 Å². The highest BCUT2D eigenvalue weighted by Crippen LogP contribution is 2.28. The average molecular weight is 237 g/mol. The van der Waals surface area contributed by atoms with Crippen LogP contribution in [0.3, 0.4) is 0 Å². The molecule has 1 heterocycles. The second-order valence-electron chi connectivity index (χ2n) is 4.45. The van der Waals surface area contributed by atoms with Crippen LogP contribution in [0.25, 0.3) is 0 Å². The van der Waals surface area contributed by atoms with E-state index in [4.69, 9.17) is 9.15 Å². The number of ether oxygens (including phenoxy) is 1. The first-order valence-electron chi connectivity index (χ1n) is 6.14. The molecule has 0 aliphatic heterocycles. The summed E-state index contributed by atoms with van der Waals surface area (Å²) in [6.45, 7) is 5.25. The number of rotatable bonds is 6. The fourth-order valence-electron chi connectivity index (χ4n) is 1.90. The first-order chi connectivity index (χ1) is 8.19. The number of furan rings is 1. The molecule has 0 atom stereocenters. The number of esters is 1. The number of hydrogen-bond acceptors (Lipinski definition) is 4. The summed E-state index contributed by atoms with van der Waals surface area (Å²) in [5.74, 6) is 1.67. The molecule has 0 N–H and O–H groups in total. The van der Waals surface area contributed by atoms with Crippen molar-refractivity contribution in [2.45, 2.75) is 39.3 Å². The summed E-state index contributed by atoms with van der Waals surface area (Å²) in [4.78, 5) is 13.6. The van der Waals surface area contributed by atoms with Gasteiger partial charge in [-0.15, -0.1) is 0 Å². The van der Waals surface area contributed by atoms with Gasteiger partial charge in [0.2, 0.25) is 0 Å². The summed E-state index contributed by atoms with van der Waals surface area (Å²) in [5.41, 5.74) is 0. The Balaban J connectivity index is 1.91. The summed E-state index contributed by atoms with van der Waals surface area (Å²) in [6.07, 6.45) is 2.33. The Morgan fingerprint density at radius 1 is 1.53 bits per heavy atom. The molecule has 4 heteroatoms. The molecule has 4 nitrogen and oxygen atoms in total. The Labute approximate surface area is 102 Å². The second kappa shape index (κ2) is 5.36. The van der Waals surface area contributed by atoms with Gasteiger partial charge in [-0.2, -0.15) is 0 Å². The number of carbonyl (C=O) groups is 1. The Morgan fingerprint density at radius 3 is 2.82 bits per heavy atom. The highest BCUT2D eigenvalue weighted by atomic mass is 16.5. The number of aryl methyl sites for hydroxylation is 1. The third-order valence-electron chi connectivity index (χ3n) is 2.86. The van der Waals surface area contributed by atoms with Crippen LogP contribution >= 0.6 is 0 Å². The lowest BCUT2D eigenvalue weighted by atomic mass is 10.3. The summed E-state index contributed by atoms with van der Waals surface area (Å²) in [5, 5.41) is 0. The maximum Gasteiger partial charge on any atom is 0.320 e. The van der Waals surface area contributed by atoms with Crippen LogP contribution in [0.1, 0.15) is 31.3 Å². The van der Waals surface area contributed by atoms with Crippen molar-refractivity contribution in [1.29, 1.82) is 0 Å². The van der Waals surface area contributed by atoms with Crippen molar-refractivity contribution in [3.8, 4) is 0 Å². The van der Waals surface area contributed by atoms with Crippen LogP contribution in [0.2, 0.25) is 0 Å². The molecule has 0 amide bonds. The Hall–Kier alpha value is -1.29. The molecular formula is C13H19NO3. The van der Waals surface area contributed by atoms with E-state index in [1.807, 2.05) is 26.0 Å². The van der Waals surface area contributed by atoms with E-state index in [2.05, 4.69) is 4.90 Å². The third kappa shape index (κ3) is 3.60. The molecule has 1 saturated carbocycles. The maximum atomic E-state index is 11.5. The summed E-state index contributed by atoms with van der Waals surface area (Å²) in [6, 6.07) is 4.44. The molecular weight excluding hydrogens is 218 g/mol. The third-order valence-corrected chi connectivity index (χ3v) is 2.86. The van der Waals surface area contributed by atoms with Gasteiger partial charge in [-0.05, 0) is 38.8 Å². The molecule has 0 bridgehead atoms. The molecule has 1 aliphatic carbocycles. The molecule has 0 spiro atoms. The molecule has 0 aromatic carbocycles. The number of carbonyl (C=O) groups excluding carboxylic acids is 1.